The Balaban J connectivity index is 0.000000107. The molecule has 29 nitrogen and oxygen atoms in total. The Morgan fingerprint density at radius 1 is 0.371 bits per heavy atom. The van der Waals surface area contributed by atoms with Gasteiger partial charge in [-0.2, -0.15) is 0 Å². The first kappa shape index (κ1) is 89.1. The van der Waals surface area contributed by atoms with E-state index in [9.17, 15) is 48.5 Å². The van der Waals surface area contributed by atoms with Crippen LogP contribution in [0.4, 0.5) is 29.0 Å². The summed E-state index contributed by atoms with van der Waals surface area (Å²) in [6, 6.07) is 56.4. The van der Waals surface area contributed by atoms with Crippen LogP contribution >= 0.6 is 0 Å². The van der Waals surface area contributed by atoms with Gasteiger partial charge in [-0.05, 0) is 200 Å². The van der Waals surface area contributed by atoms with E-state index in [2.05, 4.69) is 65.3 Å². The molecule has 0 saturated heterocycles. The topological polar surface area (TPSA) is 372 Å². The average Bonchev–Trinajstić information content (AvgIpc) is 1.57. The number of carbonyl (C=O) groups is 8. The Morgan fingerprint density at radius 2 is 0.707 bits per heavy atom. The Labute approximate surface area is 804 Å². The molecule has 8 aromatic carbocycles. The second kappa shape index (κ2) is 37.4. The quantitative estimate of drug-likeness (QED) is 0.0211. The zero-order chi connectivity index (χ0) is 95.7. The van der Waals surface area contributed by atoms with Crippen LogP contribution in [0.15, 0.2) is 207 Å². The fourth-order valence-electron chi connectivity index (χ4n) is 21.5. The van der Waals surface area contributed by atoms with Crippen molar-refractivity contribution < 1.29 is 90.6 Å². The third-order valence-corrected chi connectivity index (χ3v) is 28.5. The number of aryl methyl sites for hydroxylation is 2. The number of nitrogens with one attached hydrogen (secondary N) is 4. The highest BCUT2D eigenvalue weighted by molar-refractivity contribution is 5.96. The van der Waals surface area contributed by atoms with E-state index in [0.717, 1.165) is 108 Å². The molecule has 4 aromatic heterocycles. The van der Waals surface area contributed by atoms with E-state index in [1.54, 1.807) is 57.2 Å². The van der Waals surface area contributed by atoms with Crippen molar-refractivity contribution in [3.63, 3.8) is 0 Å². The molecule has 0 radical (unpaired) electrons. The lowest BCUT2D eigenvalue weighted by atomic mass is 9.99. The summed E-state index contributed by atoms with van der Waals surface area (Å²) in [7, 11) is 3.18. The smallest absolute Gasteiger partial charge is 0.269 e. The molecule has 0 bridgehead atoms. The van der Waals surface area contributed by atoms with Gasteiger partial charge in [0.1, 0.15) is 140 Å². The SMILES string of the molecule is C#Cc1cccc(CC(=O)C[C@@H]2[C@H]3Oc4ccc(Oc5ccnc6c5CCC(=O)N6)cc4[C@@H]23)c1.COc1ccc(CC(=O)C[C@@H]2[C@H]3Oc4ccc(Oc5ccnc6c5CCC(=O)N6)cc4[C@@H]23)cc1OC.O=C(Cc1ccc2c(c1)CCC2)C[C@@H]1[C@H]2Oc3ccc(Oc4ccnc5c4CCC(=O)N5)cc3[C@@H]12.O=C(Cc1cccc([N+](=O)[O-])c1)C[C@@H]1[C@H]2Oc3ccc(Oc4ccnc5c4CCC(=O)N5)cc3[C@@H]12. The van der Waals surface area contributed by atoms with Gasteiger partial charge < -0.3 is 68.6 Å². The fraction of sp³-hybridized carbons (Fsp3) is 0.297. The number of nitro groups is 1. The number of anilines is 4. The molecule has 12 aromatic rings. The molecule has 25 rings (SSSR count). The number of fused-ring (bicyclic) bond motifs is 17. The summed E-state index contributed by atoms with van der Waals surface area (Å²) in [5.41, 5.74) is 15.2. The summed E-state index contributed by atoms with van der Waals surface area (Å²) < 4.78 is 59.8. The minimum atomic E-state index is -0.457. The number of hydrogen-bond acceptors (Lipinski definition) is 24. The van der Waals surface area contributed by atoms with Crippen LogP contribution in [0.1, 0.15) is 165 Å². The van der Waals surface area contributed by atoms with Gasteiger partial charge in [0.15, 0.2) is 11.5 Å². The lowest BCUT2D eigenvalue weighted by Crippen LogP contribution is -2.20. The maximum absolute atomic E-state index is 12.9. The van der Waals surface area contributed by atoms with Crippen LogP contribution in [0.25, 0.3) is 0 Å². The van der Waals surface area contributed by atoms with Gasteiger partial charge in [0.2, 0.25) is 23.6 Å². The predicted molar refractivity (Wildman–Crippen MR) is 512 cm³/mol. The number of non-ortho nitro benzene ring substituents is 1. The minimum Gasteiger partial charge on any atom is -0.493 e. The highest BCUT2D eigenvalue weighted by Gasteiger charge is 2.62. The van der Waals surface area contributed by atoms with Crippen LogP contribution in [0, 0.1) is 46.1 Å². The molecule has 8 aliphatic heterocycles. The fourth-order valence-corrected chi connectivity index (χ4v) is 21.5. The average molecular weight is 1880 g/mol. The maximum Gasteiger partial charge on any atom is 0.269 e. The van der Waals surface area contributed by atoms with Crippen LogP contribution < -0.4 is 68.6 Å². The summed E-state index contributed by atoms with van der Waals surface area (Å²) in [6.07, 6.45) is 22.9. The van der Waals surface area contributed by atoms with Crippen molar-refractivity contribution in [2.24, 2.45) is 23.7 Å². The van der Waals surface area contributed by atoms with Gasteiger partial charge in [0, 0.05) is 211 Å². The number of ether oxygens (including phenoxy) is 10. The molecule has 0 unspecified atom stereocenters. The molecule has 0 spiro atoms. The number of nitrogens with zero attached hydrogens (tertiary/aromatic N) is 5. The Morgan fingerprint density at radius 3 is 1.06 bits per heavy atom. The first-order chi connectivity index (χ1) is 68.2. The third kappa shape index (κ3) is 18.5. The maximum atomic E-state index is 12.9. The monoisotopic (exact) mass is 1870 g/mol. The Hall–Kier alpha value is -16.1. The highest BCUT2D eigenvalue weighted by Crippen LogP contribution is 2.65. The van der Waals surface area contributed by atoms with Crippen LogP contribution in [-0.2, 0) is 103 Å². The molecule has 704 valence electrons. The van der Waals surface area contributed by atoms with E-state index in [-0.39, 0.29) is 131 Å². The van der Waals surface area contributed by atoms with E-state index >= 15 is 0 Å². The molecule has 4 fully saturated rings. The molecule has 4 saturated carbocycles. The summed E-state index contributed by atoms with van der Waals surface area (Å²) in [5.74, 6) is 17.1. The van der Waals surface area contributed by atoms with Gasteiger partial charge in [-0.1, -0.05) is 54.5 Å². The molecule has 12 heterocycles. The number of nitro benzene ring substituents is 1. The first-order valence-electron chi connectivity index (χ1n) is 47.4. The number of pyridine rings is 4. The number of ketones is 4. The second-order valence-corrected chi connectivity index (χ2v) is 37.6. The largest absolute Gasteiger partial charge is 0.493 e. The number of hydrogen-bond donors (Lipinski definition) is 4. The summed E-state index contributed by atoms with van der Waals surface area (Å²) in [6.45, 7) is 0. The van der Waals surface area contributed by atoms with Crippen molar-refractivity contribution in [2.75, 3.05) is 35.5 Å². The number of rotatable bonds is 27. The Bertz CT molecular complexity index is 7190. The Kier molecular flexibility index (Phi) is 23.8. The molecule has 13 aliphatic rings. The summed E-state index contributed by atoms with van der Waals surface area (Å²) >= 11 is 0. The van der Waals surface area contributed by atoms with Gasteiger partial charge in [0.25, 0.3) is 5.69 Å². The molecule has 4 N–H and O–H groups in total. The summed E-state index contributed by atoms with van der Waals surface area (Å²) in [5, 5.41) is 22.2. The van der Waals surface area contributed by atoms with E-state index in [4.69, 9.17) is 53.8 Å². The normalized spacial score (nSPS) is 21.5. The van der Waals surface area contributed by atoms with Gasteiger partial charge in [0.05, 0.1) is 19.1 Å². The van der Waals surface area contributed by atoms with Crippen molar-refractivity contribution in [1.29, 1.82) is 0 Å². The molecule has 140 heavy (non-hydrogen) atoms. The van der Waals surface area contributed by atoms with Gasteiger partial charge in [-0.15, -0.1) is 6.42 Å². The number of carbonyl (C=O) groups excluding carboxylic acids is 8. The van der Waals surface area contributed by atoms with E-state index < -0.39 is 4.92 Å². The lowest BCUT2D eigenvalue weighted by molar-refractivity contribution is -0.384. The molecule has 4 amide bonds. The summed E-state index contributed by atoms with van der Waals surface area (Å²) in [4.78, 5) is 125. The van der Waals surface area contributed by atoms with Gasteiger partial charge in [-0.3, -0.25) is 48.5 Å². The standard InChI is InChI=1S/C29H26N2O4.C28H26N2O6.C28H22N2O4.C26H21N3O6/c32-19(13-16-4-5-17-2-1-3-18(17)12-16)14-23-27-22-15-20(6-8-24(22)35-28(23)27)34-25-10-11-30-29-21(25)7-9-26(33)31-29;1-33-23-6-3-15(12-24(23)34-2)11-16(31)13-20-26-19-14-17(4-7-21(19)36-27(20)26)35-22-9-10-29-28-18(22)5-8-25(32)30-28;1-2-16-4-3-5-17(12-16)13-18(31)14-22-26-21-15-19(6-8-23(21)34-27(22)26)33-24-10-11-29-28-20(24)7-9-25(32)30-28;30-16(11-14-2-1-3-15(10-14)29(32)33)12-20-24-19-13-17(4-6-21(19)35-25(20)24)34-22-8-9-27-26-18(22)5-7-23(31)28-26/h4-6,8,10-12,15,23,27-28H,1-3,7,9,13-14H2,(H,30,31,33);3-4,6-7,9-10,12,14,20,26-27H,5,8,11,13H2,1-2H3,(H,29,30,32);1,3-6,8,10-12,15,22,26-27H,7,9,13-14H2,(H,29,30,32);1-4,6,8-10,13,20,24-25H,5,7,11-12H2,(H,27,28,31)/t23-,27-,28+;20-,26-,27+;22-,26-,27+;20-,24-,25+/m0000/s1. The number of Topliss-reactive ketones (excluding diaryl/α,β-unsaturated/α-hetero) is 4. The van der Waals surface area contributed by atoms with E-state index in [0.29, 0.717) is 177 Å². The molecule has 5 aliphatic carbocycles. The number of amides is 4. The van der Waals surface area contributed by atoms with Crippen LogP contribution in [0.5, 0.6) is 80.5 Å². The van der Waals surface area contributed by atoms with Gasteiger partial charge >= 0.3 is 0 Å². The van der Waals surface area contributed by atoms with Gasteiger partial charge in [-0.25, -0.2) is 19.9 Å². The molecular weight excluding hydrogens is 1780 g/mol. The van der Waals surface area contributed by atoms with Crippen LogP contribution in [0.3, 0.4) is 0 Å². The number of benzene rings is 8. The molecule has 29 heteroatoms. The zero-order valence-corrected chi connectivity index (χ0v) is 76.5. The second-order valence-electron chi connectivity index (χ2n) is 37.6. The number of aromatic nitrogens is 4. The van der Waals surface area contributed by atoms with Crippen LogP contribution in [0.2, 0.25) is 0 Å². The van der Waals surface area contributed by atoms with Crippen molar-refractivity contribution in [2.45, 2.75) is 170 Å². The van der Waals surface area contributed by atoms with E-state index in [1.165, 1.54) is 29.7 Å². The predicted octanol–water partition coefficient (Wildman–Crippen LogP) is 18.1. The number of methoxy groups -OCH3 is 2. The molecular formula is C111H95N9O20. The number of terminal acetylenes is 1. The molecule has 12 atom stereocenters. The van der Waals surface area contributed by atoms with E-state index in [1.807, 2.05) is 133 Å². The third-order valence-electron chi connectivity index (χ3n) is 28.5. The van der Waals surface area contributed by atoms with Crippen molar-refractivity contribution >= 4 is 75.7 Å². The van der Waals surface area contributed by atoms with Crippen molar-refractivity contribution in [3.8, 4) is 92.8 Å². The van der Waals surface area contributed by atoms with Crippen molar-refractivity contribution in [3.05, 3.63) is 300 Å². The zero-order valence-electron chi connectivity index (χ0n) is 76.5. The van der Waals surface area contributed by atoms with Crippen molar-refractivity contribution in [1.82, 2.24) is 19.9 Å². The minimum absolute atomic E-state index is 0.0128. The highest BCUT2D eigenvalue weighted by atomic mass is 16.6. The lowest BCUT2D eigenvalue weighted by Gasteiger charge is -2.19. The van der Waals surface area contributed by atoms with Crippen LogP contribution in [-0.4, -0.2) is 110 Å². The first-order valence-corrected chi connectivity index (χ1v) is 47.4.